The third kappa shape index (κ3) is 3.55. The van der Waals surface area contributed by atoms with Crippen LogP contribution in [-0.2, 0) is 0 Å². The van der Waals surface area contributed by atoms with Crippen LogP contribution in [0.3, 0.4) is 0 Å². The Morgan fingerprint density at radius 3 is 2.43 bits per heavy atom. The van der Waals surface area contributed by atoms with Crippen molar-refractivity contribution in [2.24, 2.45) is 0 Å². The van der Waals surface area contributed by atoms with Gasteiger partial charge in [-0.3, -0.25) is 4.98 Å². The molecule has 0 aliphatic carbocycles. The minimum atomic E-state index is 1.08. The third-order valence-corrected chi connectivity index (χ3v) is 5.42. The number of pyridine rings is 2. The molecule has 0 aliphatic heterocycles. The van der Waals surface area contributed by atoms with Crippen molar-refractivity contribution >= 4 is 67.8 Å². The zero-order valence-electron chi connectivity index (χ0n) is 10.8. The number of benzene rings is 1. The molecule has 0 atom stereocenters. The van der Waals surface area contributed by atoms with E-state index in [-0.39, 0.29) is 0 Å². The van der Waals surface area contributed by atoms with Gasteiger partial charge in [0.2, 0.25) is 9.39 Å². The molecule has 0 spiro atoms. The summed E-state index contributed by atoms with van der Waals surface area (Å²) in [5.41, 5.74) is 3.59. The van der Waals surface area contributed by atoms with Gasteiger partial charge in [0, 0.05) is 54.1 Å². The predicted molar refractivity (Wildman–Crippen MR) is 109 cm³/mol. The average molecular weight is 611 g/mol. The second kappa shape index (κ2) is 6.86. The topological polar surface area (TPSA) is 16.8 Å². The summed E-state index contributed by atoms with van der Waals surface area (Å²) in [5, 5.41) is 0. The summed E-state index contributed by atoms with van der Waals surface area (Å²) in [4.78, 5) is 4.26. The summed E-state index contributed by atoms with van der Waals surface area (Å²) in [7, 11) is 0. The van der Waals surface area contributed by atoms with E-state index < -0.39 is 0 Å². The van der Waals surface area contributed by atoms with Crippen LogP contribution in [0.15, 0.2) is 61.1 Å². The second-order valence-corrected chi connectivity index (χ2v) is 7.96. The van der Waals surface area contributed by atoms with E-state index in [2.05, 4.69) is 126 Å². The van der Waals surface area contributed by atoms with Crippen LogP contribution in [0.4, 0.5) is 0 Å². The standard InChI is InChI=1S/C16H10I3N2/c17-12-8-13(10-20-9-12)21-6-5-11(7-16(21)19)14-3-1-2-4-15(14)18/h1-10H/q+1. The molecule has 0 fully saturated rings. The van der Waals surface area contributed by atoms with E-state index in [0.29, 0.717) is 0 Å². The fraction of sp³-hybridized carbons (Fsp3) is 0. The van der Waals surface area contributed by atoms with Gasteiger partial charge >= 0.3 is 0 Å². The molecule has 0 N–H and O–H groups in total. The van der Waals surface area contributed by atoms with Gasteiger partial charge in [-0.1, -0.05) is 18.2 Å². The van der Waals surface area contributed by atoms with Crippen molar-refractivity contribution in [2.75, 3.05) is 0 Å². The molecule has 0 saturated heterocycles. The third-order valence-electron chi connectivity index (χ3n) is 3.06. The highest BCUT2D eigenvalue weighted by Gasteiger charge is 2.14. The molecule has 3 aromatic rings. The summed E-state index contributed by atoms with van der Waals surface area (Å²) < 4.78 is 5.71. The molecule has 0 aliphatic rings. The molecule has 2 aromatic heterocycles. The minimum absolute atomic E-state index is 1.08. The number of nitrogens with zero attached hydrogens (tertiary/aromatic N) is 2. The SMILES string of the molecule is Ic1cncc(-[n+]2ccc(-c3ccccc3I)cc2I)c1. The zero-order chi connectivity index (χ0) is 14.8. The van der Waals surface area contributed by atoms with Crippen LogP contribution >= 0.6 is 67.8 Å². The van der Waals surface area contributed by atoms with Crippen LogP contribution in [-0.4, -0.2) is 4.98 Å². The molecule has 21 heavy (non-hydrogen) atoms. The van der Waals surface area contributed by atoms with Gasteiger partial charge in [-0.2, -0.15) is 4.57 Å². The highest BCUT2D eigenvalue weighted by molar-refractivity contribution is 14.1. The van der Waals surface area contributed by atoms with Crippen molar-refractivity contribution in [3.8, 4) is 16.8 Å². The van der Waals surface area contributed by atoms with Gasteiger partial charge in [0.1, 0.15) is 0 Å². The molecule has 0 bridgehead atoms. The molecular weight excluding hydrogens is 601 g/mol. The van der Waals surface area contributed by atoms with E-state index in [4.69, 9.17) is 0 Å². The number of hydrogen-bond donors (Lipinski definition) is 0. The first-order valence-corrected chi connectivity index (χ1v) is 9.46. The largest absolute Gasteiger partial charge is 0.257 e. The van der Waals surface area contributed by atoms with E-state index in [1.165, 1.54) is 14.7 Å². The summed E-state index contributed by atoms with van der Waals surface area (Å²) in [6.07, 6.45) is 5.85. The number of aromatic nitrogens is 2. The molecule has 0 unspecified atom stereocenters. The quantitative estimate of drug-likeness (QED) is 0.231. The van der Waals surface area contributed by atoms with Crippen molar-refractivity contribution in [1.82, 2.24) is 4.98 Å². The average Bonchev–Trinajstić information content (AvgIpc) is 2.47. The molecular formula is C16H10I3N2+. The second-order valence-electron chi connectivity index (χ2n) is 4.45. The molecule has 0 amide bonds. The molecule has 5 heteroatoms. The Labute approximate surface area is 164 Å². The molecule has 104 valence electrons. The van der Waals surface area contributed by atoms with Gasteiger partial charge in [0.05, 0.1) is 6.20 Å². The van der Waals surface area contributed by atoms with E-state index >= 15 is 0 Å². The number of halogens is 3. The first-order valence-electron chi connectivity index (χ1n) is 6.22. The first-order chi connectivity index (χ1) is 10.1. The Balaban J connectivity index is 2.07. The highest BCUT2D eigenvalue weighted by Crippen LogP contribution is 2.25. The lowest BCUT2D eigenvalue weighted by atomic mass is 10.1. The van der Waals surface area contributed by atoms with Crippen LogP contribution < -0.4 is 4.57 Å². The maximum Gasteiger partial charge on any atom is 0.247 e. The Kier molecular flexibility index (Phi) is 5.10. The van der Waals surface area contributed by atoms with Gasteiger partial charge in [0.25, 0.3) is 0 Å². The van der Waals surface area contributed by atoms with E-state index in [0.717, 1.165) is 13.0 Å². The van der Waals surface area contributed by atoms with Crippen LogP contribution in [0.5, 0.6) is 0 Å². The molecule has 0 radical (unpaired) electrons. The summed E-state index contributed by atoms with van der Waals surface area (Å²) in [6, 6.07) is 14.9. The normalized spacial score (nSPS) is 10.6. The maximum atomic E-state index is 4.26. The molecule has 2 heterocycles. The van der Waals surface area contributed by atoms with Crippen LogP contribution in [0.25, 0.3) is 16.8 Å². The van der Waals surface area contributed by atoms with Crippen molar-refractivity contribution in [1.29, 1.82) is 0 Å². The fourth-order valence-corrected chi connectivity index (χ4v) is 4.03. The van der Waals surface area contributed by atoms with E-state index in [9.17, 15) is 0 Å². The Bertz CT molecular complexity index is 803. The number of hydrogen-bond acceptors (Lipinski definition) is 1. The minimum Gasteiger partial charge on any atom is -0.257 e. The van der Waals surface area contributed by atoms with Gasteiger partial charge in [-0.15, -0.1) is 0 Å². The predicted octanol–water partition coefficient (Wildman–Crippen LogP) is 4.84. The van der Waals surface area contributed by atoms with Crippen molar-refractivity contribution in [3.05, 3.63) is 71.9 Å². The van der Waals surface area contributed by atoms with Crippen molar-refractivity contribution < 1.29 is 4.57 Å². The fourth-order valence-electron chi connectivity index (χ4n) is 2.08. The van der Waals surface area contributed by atoms with Gasteiger partial charge < -0.3 is 0 Å². The summed E-state index contributed by atoms with van der Waals surface area (Å²) >= 11 is 7.03. The van der Waals surface area contributed by atoms with E-state index in [1.54, 1.807) is 0 Å². The first kappa shape index (κ1) is 15.6. The Morgan fingerprint density at radius 1 is 0.905 bits per heavy atom. The number of rotatable bonds is 2. The van der Waals surface area contributed by atoms with Gasteiger partial charge in [-0.05, 0) is 62.4 Å². The summed E-state index contributed by atoms with van der Waals surface area (Å²) in [5.74, 6) is 0. The van der Waals surface area contributed by atoms with E-state index in [1.807, 2.05) is 12.4 Å². The molecule has 0 saturated carbocycles. The molecule has 2 nitrogen and oxygen atoms in total. The zero-order valence-corrected chi connectivity index (χ0v) is 17.3. The highest BCUT2D eigenvalue weighted by atomic mass is 127. The van der Waals surface area contributed by atoms with Crippen LogP contribution in [0.2, 0.25) is 0 Å². The van der Waals surface area contributed by atoms with Crippen molar-refractivity contribution in [3.63, 3.8) is 0 Å². The van der Waals surface area contributed by atoms with Crippen LogP contribution in [0.1, 0.15) is 0 Å². The smallest absolute Gasteiger partial charge is 0.247 e. The van der Waals surface area contributed by atoms with Crippen molar-refractivity contribution in [2.45, 2.75) is 0 Å². The van der Waals surface area contributed by atoms with Crippen LogP contribution in [0, 0.1) is 10.8 Å². The lowest BCUT2D eigenvalue weighted by Crippen LogP contribution is -2.34. The summed E-state index contributed by atoms with van der Waals surface area (Å²) in [6.45, 7) is 0. The van der Waals surface area contributed by atoms with Gasteiger partial charge in [-0.25, -0.2) is 0 Å². The van der Waals surface area contributed by atoms with Gasteiger partial charge in [0.15, 0.2) is 6.20 Å². The maximum absolute atomic E-state index is 4.26. The Morgan fingerprint density at radius 2 is 1.71 bits per heavy atom. The molecule has 1 aromatic carbocycles. The lowest BCUT2D eigenvalue weighted by molar-refractivity contribution is -0.609. The Hall–Kier alpha value is -0.290. The molecule has 3 rings (SSSR count). The monoisotopic (exact) mass is 611 g/mol. The lowest BCUT2D eigenvalue weighted by Gasteiger charge is -2.05.